The topological polar surface area (TPSA) is 3.24 Å². The third-order valence-corrected chi connectivity index (χ3v) is 4.44. The Morgan fingerprint density at radius 1 is 1.25 bits per heavy atom. The van der Waals surface area contributed by atoms with Crippen molar-refractivity contribution in [3.63, 3.8) is 0 Å². The first-order chi connectivity index (χ1) is 7.43. The van der Waals surface area contributed by atoms with Crippen LogP contribution < -0.4 is 0 Å². The summed E-state index contributed by atoms with van der Waals surface area (Å²) in [6, 6.07) is 6.96. The molecule has 1 nitrogen and oxygen atoms in total. The minimum absolute atomic E-state index is 0.327. The molecule has 2 rings (SSSR count). The first-order valence-corrected chi connectivity index (χ1v) is 6.20. The third-order valence-electron chi connectivity index (χ3n) is 4.44. The highest BCUT2D eigenvalue weighted by Crippen LogP contribution is 2.38. The Kier molecular flexibility index (Phi) is 2.83. The molecule has 0 aromatic heterocycles. The summed E-state index contributed by atoms with van der Waals surface area (Å²) >= 11 is 0. The van der Waals surface area contributed by atoms with Crippen LogP contribution >= 0.6 is 0 Å². The van der Waals surface area contributed by atoms with Gasteiger partial charge in [-0.15, -0.1) is 0 Å². The number of likely N-dealkylation sites (N-methyl/N-ethyl adjacent to an activating group) is 1. The maximum Gasteiger partial charge on any atom is 0.00897 e. The van der Waals surface area contributed by atoms with Gasteiger partial charge in [-0.2, -0.15) is 0 Å². The zero-order valence-electron chi connectivity index (χ0n) is 11.2. The molecule has 1 heterocycles. The van der Waals surface area contributed by atoms with E-state index >= 15 is 0 Å². The normalized spacial score (nSPS) is 30.9. The molecule has 88 valence electrons. The van der Waals surface area contributed by atoms with E-state index in [0.717, 1.165) is 5.92 Å². The van der Waals surface area contributed by atoms with E-state index in [0.29, 0.717) is 5.41 Å². The van der Waals surface area contributed by atoms with Crippen LogP contribution in [-0.2, 0) is 5.41 Å². The van der Waals surface area contributed by atoms with Gasteiger partial charge in [-0.05, 0) is 43.5 Å². The monoisotopic (exact) mass is 217 g/mol. The van der Waals surface area contributed by atoms with E-state index in [9.17, 15) is 0 Å². The Bertz CT molecular complexity index is 396. The first kappa shape index (κ1) is 11.7. The summed E-state index contributed by atoms with van der Waals surface area (Å²) in [5, 5.41) is 0. The number of rotatable bonds is 1. The standard InChI is InChI=1S/C15H23N/c1-11-6-7-14(8-12(11)2)15(4)10-16(5)9-13(15)3/h6-8,13H,9-10H2,1-5H3. The van der Waals surface area contributed by atoms with Crippen molar-refractivity contribution in [1.29, 1.82) is 0 Å². The average molecular weight is 217 g/mol. The van der Waals surface area contributed by atoms with Crippen molar-refractivity contribution in [2.75, 3.05) is 20.1 Å². The predicted molar refractivity (Wildman–Crippen MR) is 69.9 cm³/mol. The highest BCUT2D eigenvalue weighted by molar-refractivity contribution is 5.36. The Morgan fingerprint density at radius 2 is 1.94 bits per heavy atom. The fourth-order valence-corrected chi connectivity index (χ4v) is 2.92. The molecule has 1 aliphatic rings. The van der Waals surface area contributed by atoms with E-state index in [2.05, 4.69) is 57.8 Å². The van der Waals surface area contributed by atoms with E-state index in [-0.39, 0.29) is 0 Å². The fraction of sp³-hybridized carbons (Fsp3) is 0.600. The summed E-state index contributed by atoms with van der Waals surface area (Å²) in [5.41, 5.74) is 4.65. The van der Waals surface area contributed by atoms with E-state index < -0.39 is 0 Å². The molecular formula is C15H23N. The Balaban J connectivity index is 2.39. The maximum absolute atomic E-state index is 2.44. The van der Waals surface area contributed by atoms with Crippen molar-refractivity contribution in [2.45, 2.75) is 33.1 Å². The van der Waals surface area contributed by atoms with Gasteiger partial charge in [0.25, 0.3) is 0 Å². The second-order valence-electron chi connectivity index (χ2n) is 5.81. The Labute approximate surface area is 99.5 Å². The van der Waals surface area contributed by atoms with Gasteiger partial charge in [-0.1, -0.05) is 32.0 Å². The third kappa shape index (κ3) is 1.78. The molecule has 0 saturated carbocycles. The van der Waals surface area contributed by atoms with Crippen molar-refractivity contribution in [3.05, 3.63) is 34.9 Å². The summed E-state index contributed by atoms with van der Waals surface area (Å²) in [5.74, 6) is 0.736. The predicted octanol–water partition coefficient (Wildman–Crippen LogP) is 3.14. The van der Waals surface area contributed by atoms with Gasteiger partial charge in [0.15, 0.2) is 0 Å². The quantitative estimate of drug-likeness (QED) is 0.698. The van der Waals surface area contributed by atoms with Crippen LogP contribution in [0.2, 0.25) is 0 Å². The van der Waals surface area contributed by atoms with Gasteiger partial charge in [-0.25, -0.2) is 0 Å². The summed E-state index contributed by atoms with van der Waals surface area (Å²) < 4.78 is 0. The van der Waals surface area contributed by atoms with Crippen LogP contribution in [0.5, 0.6) is 0 Å². The first-order valence-electron chi connectivity index (χ1n) is 6.20. The SMILES string of the molecule is Cc1ccc(C2(C)CN(C)CC2C)cc1C. The zero-order valence-corrected chi connectivity index (χ0v) is 11.2. The van der Waals surface area contributed by atoms with Crippen molar-refractivity contribution >= 4 is 0 Å². The van der Waals surface area contributed by atoms with Crippen LogP contribution in [0.3, 0.4) is 0 Å². The average Bonchev–Trinajstić information content (AvgIpc) is 2.46. The number of benzene rings is 1. The number of hydrogen-bond acceptors (Lipinski definition) is 1. The van der Waals surface area contributed by atoms with Crippen LogP contribution in [-0.4, -0.2) is 25.0 Å². The maximum atomic E-state index is 2.44. The molecule has 0 radical (unpaired) electrons. The van der Waals surface area contributed by atoms with E-state index in [1.165, 1.54) is 29.8 Å². The lowest BCUT2D eigenvalue weighted by atomic mass is 9.74. The van der Waals surface area contributed by atoms with Gasteiger partial charge in [0, 0.05) is 18.5 Å². The molecule has 0 spiro atoms. The number of likely N-dealkylation sites (tertiary alicyclic amines) is 1. The summed E-state index contributed by atoms with van der Waals surface area (Å²) in [7, 11) is 2.22. The van der Waals surface area contributed by atoms with E-state index in [1.807, 2.05) is 0 Å². The molecular weight excluding hydrogens is 194 g/mol. The molecule has 1 aliphatic heterocycles. The smallest absolute Gasteiger partial charge is 0.00897 e. The van der Waals surface area contributed by atoms with Gasteiger partial charge in [0.05, 0.1) is 0 Å². The van der Waals surface area contributed by atoms with Crippen molar-refractivity contribution in [1.82, 2.24) is 4.90 Å². The molecule has 0 N–H and O–H groups in total. The van der Waals surface area contributed by atoms with E-state index in [4.69, 9.17) is 0 Å². The lowest BCUT2D eigenvalue weighted by Crippen LogP contribution is -2.30. The molecule has 2 unspecified atom stereocenters. The lowest BCUT2D eigenvalue weighted by Gasteiger charge is -2.29. The molecule has 1 aromatic carbocycles. The van der Waals surface area contributed by atoms with Crippen molar-refractivity contribution < 1.29 is 0 Å². The van der Waals surface area contributed by atoms with Gasteiger partial charge >= 0.3 is 0 Å². The second kappa shape index (κ2) is 3.89. The molecule has 2 atom stereocenters. The Morgan fingerprint density at radius 3 is 2.44 bits per heavy atom. The van der Waals surface area contributed by atoms with Crippen molar-refractivity contribution in [3.8, 4) is 0 Å². The molecule has 0 amide bonds. The number of hydrogen-bond donors (Lipinski definition) is 0. The Hall–Kier alpha value is -0.820. The highest BCUT2D eigenvalue weighted by Gasteiger charge is 2.40. The summed E-state index contributed by atoms with van der Waals surface area (Å²) in [6.45, 7) is 11.6. The highest BCUT2D eigenvalue weighted by atomic mass is 15.1. The number of nitrogens with zero attached hydrogens (tertiary/aromatic N) is 1. The molecule has 16 heavy (non-hydrogen) atoms. The van der Waals surface area contributed by atoms with Crippen LogP contribution in [0.4, 0.5) is 0 Å². The molecule has 0 aliphatic carbocycles. The van der Waals surface area contributed by atoms with Crippen LogP contribution in [0.15, 0.2) is 18.2 Å². The van der Waals surface area contributed by atoms with Crippen molar-refractivity contribution in [2.24, 2.45) is 5.92 Å². The zero-order chi connectivity index (χ0) is 11.9. The summed E-state index contributed by atoms with van der Waals surface area (Å²) in [6.07, 6.45) is 0. The van der Waals surface area contributed by atoms with Gasteiger partial charge in [0.1, 0.15) is 0 Å². The van der Waals surface area contributed by atoms with Gasteiger partial charge in [-0.3, -0.25) is 0 Å². The number of aryl methyl sites for hydroxylation is 2. The lowest BCUT2D eigenvalue weighted by molar-refractivity contribution is 0.377. The second-order valence-corrected chi connectivity index (χ2v) is 5.81. The largest absolute Gasteiger partial charge is 0.305 e. The van der Waals surface area contributed by atoms with Crippen LogP contribution in [0, 0.1) is 19.8 Å². The van der Waals surface area contributed by atoms with Crippen LogP contribution in [0.25, 0.3) is 0 Å². The van der Waals surface area contributed by atoms with Crippen LogP contribution in [0.1, 0.15) is 30.5 Å². The van der Waals surface area contributed by atoms with E-state index in [1.54, 1.807) is 0 Å². The molecule has 1 saturated heterocycles. The summed E-state index contributed by atoms with van der Waals surface area (Å²) in [4.78, 5) is 2.44. The fourth-order valence-electron chi connectivity index (χ4n) is 2.92. The minimum Gasteiger partial charge on any atom is -0.305 e. The molecule has 1 fully saturated rings. The minimum atomic E-state index is 0.327. The van der Waals surface area contributed by atoms with Gasteiger partial charge < -0.3 is 4.90 Å². The molecule has 0 bridgehead atoms. The molecule has 1 heteroatoms. The van der Waals surface area contributed by atoms with Gasteiger partial charge in [0.2, 0.25) is 0 Å². The molecule has 1 aromatic rings.